The predicted octanol–water partition coefficient (Wildman–Crippen LogP) is 6.70. The van der Waals surface area contributed by atoms with E-state index in [1.54, 1.807) is 31.5 Å². The molecule has 0 bridgehead atoms. The summed E-state index contributed by atoms with van der Waals surface area (Å²) in [4.78, 5) is 20.1. The van der Waals surface area contributed by atoms with Crippen molar-refractivity contribution in [3.8, 4) is 11.6 Å². The van der Waals surface area contributed by atoms with Gasteiger partial charge in [0, 0.05) is 50.1 Å². The molecule has 1 aliphatic rings. The van der Waals surface area contributed by atoms with E-state index in [1.807, 2.05) is 30.0 Å². The van der Waals surface area contributed by atoms with Crippen molar-refractivity contribution in [2.45, 2.75) is 51.6 Å². The smallest absolute Gasteiger partial charge is 0.227 e. The Balaban J connectivity index is 1.32. The zero-order valence-corrected chi connectivity index (χ0v) is 26.4. The lowest BCUT2D eigenvalue weighted by atomic mass is 9.98. The number of nitrogens with two attached hydrogens (primary N) is 1. The third-order valence-electron chi connectivity index (χ3n) is 7.17. The molecule has 2 aromatic carbocycles. The number of aromatic nitrogens is 1. The number of hydrogen-bond donors (Lipinski definition) is 1. The summed E-state index contributed by atoms with van der Waals surface area (Å²) in [7, 11) is 1.70. The van der Waals surface area contributed by atoms with Crippen LogP contribution in [0.25, 0.3) is 0 Å². The number of carbonyl (C=O) groups is 1. The first kappa shape index (κ1) is 32.4. The molecule has 1 atom stereocenters. The van der Waals surface area contributed by atoms with Crippen molar-refractivity contribution < 1.29 is 19.0 Å². The van der Waals surface area contributed by atoms with Crippen LogP contribution in [0, 0.1) is 12.8 Å². The van der Waals surface area contributed by atoms with Gasteiger partial charge in [-0.3, -0.25) is 4.79 Å². The molecule has 7 nitrogen and oxygen atoms in total. The number of halogens is 3. The van der Waals surface area contributed by atoms with Crippen LogP contribution < -0.4 is 15.2 Å². The van der Waals surface area contributed by atoms with Gasteiger partial charge in [0.05, 0.1) is 16.0 Å². The van der Waals surface area contributed by atoms with Gasteiger partial charge in [-0.15, -0.1) is 0 Å². The predicted molar refractivity (Wildman–Crippen MR) is 168 cm³/mol. The summed E-state index contributed by atoms with van der Waals surface area (Å²) in [6.45, 7) is 3.86. The summed E-state index contributed by atoms with van der Waals surface area (Å²) in [5, 5.41) is 1.59. The molecule has 0 aliphatic heterocycles. The van der Waals surface area contributed by atoms with Gasteiger partial charge in [-0.1, -0.05) is 53.0 Å². The first-order valence-corrected chi connectivity index (χ1v) is 15.3. The number of rotatable bonds is 16. The Morgan fingerprint density at radius 3 is 2.36 bits per heavy atom. The summed E-state index contributed by atoms with van der Waals surface area (Å²) in [5.74, 6) is 0.580. The van der Waals surface area contributed by atoms with Crippen molar-refractivity contribution in [2.24, 2.45) is 11.7 Å². The normalized spacial score (nSPS) is 13.6. The molecule has 1 aromatic heterocycles. The standard InChI is InChI=1S/C32H38Cl3N3O4/c1-21-14-28(34)31(29(35)15-21)42-13-12-41-30-10-6-23(19-37-30)17-24(18-36)32(39)38(26-7-8-26)20-25-16-22(4-3-11-40-2)5-9-27(25)33/h5-6,9-10,14-16,19,24,26H,3-4,7-8,11-13,17-18,20,36H2,1-2H3. The minimum atomic E-state index is -0.361. The van der Waals surface area contributed by atoms with Gasteiger partial charge in [0.15, 0.2) is 5.75 Å². The second-order valence-corrected chi connectivity index (χ2v) is 11.8. The molecule has 10 heteroatoms. The molecule has 42 heavy (non-hydrogen) atoms. The van der Waals surface area contributed by atoms with E-state index >= 15 is 0 Å². The molecule has 1 unspecified atom stereocenters. The number of carbonyl (C=O) groups excluding carboxylic acids is 1. The van der Waals surface area contributed by atoms with Crippen molar-refractivity contribution in [1.29, 1.82) is 0 Å². The molecule has 4 rings (SSSR count). The van der Waals surface area contributed by atoms with Crippen LogP contribution in [0.2, 0.25) is 15.1 Å². The van der Waals surface area contributed by atoms with E-state index in [1.165, 1.54) is 5.56 Å². The Hall–Kier alpha value is -2.55. The van der Waals surface area contributed by atoms with Crippen LogP contribution in [-0.2, 0) is 28.9 Å². The van der Waals surface area contributed by atoms with Crippen LogP contribution in [0.15, 0.2) is 48.7 Å². The first-order valence-electron chi connectivity index (χ1n) is 14.2. The molecular formula is C32H38Cl3N3O4. The number of hydrogen-bond acceptors (Lipinski definition) is 6. The van der Waals surface area contributed by atoms with Crippen LogP contribution in [0.5, 0.6) is 11.6 Å². The third kappa shape index (κ3) is 9.22. The summed E-state index contributed by atoms with van der Waals surface area (Å²) in [6, 6.07) is 13.6. The van der Waals surface area contributed by atoms with Gasteiger partial charge >= 0.3 is 0 Å². The largest absolute Gasteiger partial charge is 0.487 e. The molecule has 3 aromatic rings. The average molecular weight is 635 g/mol. The third-order valence-corrected chi connectivity index (χ3v) is 8.10. The highest BCUT2D eigenvalue weighted by Gasteiger charge is 2.36. The number of aryl methyl sites for hydroxylation is 2. The SMILES string of the molecule is COCCCc1ccc(Cl)c(CN(C(=O)C(CN)Cc2ccc(OCCOc3c(Cl)cc(C)cc3Cl)nc2)C2CC2)c1. The number of amides is 1. The number of nitrogens with zero attached hydrogens (tertiary/aromatic N) is 2. The Morgan fingerprint density at radius 1 is 1.00 bits per heavy atom. The highest BCUT2D eigenvalue weighted by molar-refractivity contribution is 6.37. The van der Waals surface area contributed by atoms with Gasteiger partial charge in [-0.05, 0) is 79.5 Å². The Labute approximate surface area is 263 Å². The van der Waals surface area contributed by atoms with Crippen molar-refractivity contribution in [2.75, 3.05) is 33.5 Å². The Bertz CT molecular complexity index is 1310. The minimum Gasteiger partial charge on any atom is -0.487 e. The Morgan fingerprint density at radius 2 is 1.71 bits per heavy atom. The number of methoxy groups -OCH3 is 1. The van der Waals surface area contributed by atoms with E-state index in [4.69, 9.17) is 54.7 Å². The van der Waals surface area contributed by atoms with Gasteiger partial charge < -0.3 is 24.8 Å². The van der Waals surface area contributed by atoms with Crippen LogP contribution in [0.1, 0.15) is 41.5 Å². The molecule has 0 spiro atoms. The lowest BCUT2D eigenvalue weighted by Crippen LogP contribution is -2.41. The van der Waals surface area contributed by atoms with E-state index in [0.29, 0.717) is 46.3 Å². The summed E-state index contributed by atoms with van der Waals surface area (Å²) in [5.41, 5.74) is 10.1. The average Bonchev–Trinajstić information content (AvgIpc) is 3.81. The molecule has 2 N–H and O–H groups in total. The van der Waals surface area contributed by atoms with Crippen molar-refractivity contribution >= 4 is 40.7 Å². The maximum absolute atomic E-state index is 13.7. The fourth-order valence-electron chi connectivity index (χ4n) is 4.80. The van der Waals surface area contributed by atoms with Crippen LogP contribution >= 0.6 is 34.8 Å². The van der Waals surface area contributed by atoms with Crippen molar-refractivity contribution in [3.63, 3.8) is 0 Å². The summed E-state index contributed by atoms with van der Waals surface area (Å²) >= 11 is 19.0. The number of pyridine rings is 1. The molecule has 0 saturated heterocycles. The highest BCUT2D eigenvalue weighted by atomic mass is 35.5. The zero-order valence-electron chi connectivity index (χ0n) is 24.1. The summed E-state index contributed by atoms with van der Waals surface area (Å²) in [6.07, 6.45) is 6.03. The lowest BCUT2D eigenvalue weighted by molar-refractivity contribution is -0.136. The van der Waals surface area contributed by atoms with Gasteiger partial charge in [0.1, 0.15) is 13.2 Å². The van der Waals surface area contributed by atoms with E-state index in [-0.39, 0.29) is 37.6 Å². The van der Waals surface area contributed by atoms with Crippen molar-refractivity contribution in [3.05, 3.63) is 86.0 Å². The molecule has 0 radical (unpaired) electrons. The number of benzene rings is 2. The van der Waals surface area contributed by atoms with Crippen LogP contribution in [-0.4, -0.2) is 55.3 Å². The second-order valence-electron chi connectivity index (χ2n) is 10.6. The quantitative estimate of drug-likeness (QED) is 0.177. The molecule has 1 saturated carbocycles. The van der Waals surface area contributed by atoms with Crippen LogP contribution in [0.3, 0.4) is 0 Å². The molecular weight excluding hydrogens is 597 g/mol. The molecule has 226 valence electrons. The first-order chi connectivity index (χ1) is 20.3. The van der Waals surface area contributed by atoms with Crippen LogP contribution in [0.4, 0.5) is 0 Å². The van der Waals surface area contributed by atoms with Gasteiger partial charge in [0.2, 0.25) is 11.8 Å². The summed E-state index contributed by atoms with van der Waals surface area (Å²) < 4.78 is 16.6. The molecule has 1 heterocycles. The van der Waals surface area contributed by atoms with Crippen molar-refractivity contribution in [1.82, 2.24) is 9.88 Å². The molecule has 1 aliphatic carbocycles. The highest BCUT2D eigenvalue weighted by Crippen LogP contribution is 2.34. The van der Waals surface area contributed by atoms with Gasteiger partial charge in [0.25, 0.3) is 0 Å². The maximum atomic E-state index is 13.7. The van der Waals surface area contributed by atoms with E-state index < -0.39 is 0 Å². The molecule has 1 fully saturated rings. The lowest BCUT2D eigenvalue weighted by Gasteiger charge is -2.28. The number of ether oxygens (including phenoxy) is 3. The zero-order chi connectivity index (χ0) is 30.1. The fraction of sp³-hybridized carbons (Fsp3) is 0.438. The topological polar surface area (TPSA) is 86.9 Å². The second kappa shape index (κ2) is 15.8. The van der Waals surface area contributed by atoms with Gasteiger partial charge in [-0.2, -0.15) is 0 Å². The van der Waals surface area contributed by atoms with E-state index in [9.17, 15) is 4.79 Å². The monoisotopic (exact) mass is 633 g/mol. The van der Waals surface area contributed by atoms with Gasteiger partial charge in [-0.25, -0.2) is 4.98 Å². The fourth-order valence-corrected chi connectivity index (χ4v) is 5.69. The molecule has 1 amide bonds. The maximum Gasteiger partial charge on any atom is 0.227 e. The van der Waals surface area contributed by atoms with E-state index in [0.717, 1.165) is 42.4 Å². The van der Waals surface area contributed by atoms with E-state index in [2.05, 4.69) is 11.1 Å². The minimum absolute atomic E-state index is 0.0479. The Kier molecular flexibility index (Phi) is 12.2.